The van der Waals surface area contributed by atoms with Crippen LogP contribution in [0.15, 0.2) is 29.6 Å². The van der Waals surface area contributed by atoms with Gasteiger partial charge in [-0.2, -0.15) is 0 Å². The fourth-order valence-electron chi connectivity index (χ4n) is 1.80. The zero-order valence-electron chi connectivity index (χ0n) is 9.16. The predicted molar refractivity (Wildman–Crippen MR) is 66.0 cm³/mol. The molecule has 0 aliphatic carbocycles. The van der Waals surface area contributed by atoms with Crippen LogP contribution in [0.5, 0.6) is 0 Å². The summed E-state index contributed by atoms with van der Waals surface area (Å²) in [6.07, 6.45) is 0.533. The van der Waals surface area contributed by atoms with Gasteiger partial charge in [-0.1, -0.05) is 18.2 Å². The maximum absolute atomic E-state index is 11.2. The number of thiophene rings is 1. The molecule has 0 spiro atoms. The van der Waals surface area contributed by atoms with Crippen molar-refractivity contribution in [1.29, 1.82) is 0 Å². The highest BCUT2D eigenvalue weighted by Crippen LogP contribution is 2.32. The number of carbonyl (C=O) groups excluding carboxylic acids is 1. The Balaban J connectivity index is 2.56. The minimum Gasteiger partial charge on any atom is -0.479 e. The number of nitrogens with zero attached hydrogens (tertiary/aromatic N) is 1. The van der Waals surface area contributed by atoms with E-state index >= 15 is 0 Å². The average Bonchev–Trinajstić information content (AvgIpc) is 2.73. The summed E-state index contributed by atoms with van der Waals surface area (Å²) in [5.41, 5.74) is 0.660. The number of fused-ring (bicyclic) bond motifs is 1. The summed E-state index contributed by atoms with van der Waals surface area (Å²) in [6.45, 7) is 0. The van der Waals surface area contributed by atoms with E-state index in [-0.39, 0.29) is 0 Å². The van der Waals surface area contributed by atoms with E-state index in [1.807, 2.05) is 24.3 Å². The molecule has 0 saturated heterocycles. The van der Waals surface area contributed by atoms with Crippen molar-refractivity contribution in [2.24, 2.45) is 0 Å². The van der Waals surface area contributed by atoms with E-state index in [4.69, 9.17) is 0 Å². The Hall–Kier alpha value is -1.88. The first kappa shape index (κ1) is 11.6. The van der Waals surface area contributed by atoms with Crippen LogP contribution < -0.4 is 0 Å². The van der Waals surface area contributed by atoms with Crippen LogP contribution in [0, 0.1) is 0 Å². The van der Waals surface area contributed by atoms with Crippen molar-refractivity contribution in [2.45, 2.75) is 6.04 Å². The lowest BCUT2D eigenvalue weighted by molar-refractivity contribution is -0.145. The summed E-state index contributed by atoms with van der Waals surface area (Å²) in [5.74, 6) is -1.02. The van der Waals surface area contributed by atoms with Crippen molar-refractivity contribution in [2.75, 3.05) is 7.05 Å². The van der Waals surface area contributed by atoms with Crippen LogP contribution in [0.1, 0.15) is 11.6 Å². The number of amides is 1. The summed E-state index contributed by atoms with van der Waals surface area (Å²) in [6, 6.07) is 6.64. The van der Waals surface area contributed by atoms with Gasteiger partial charge in [0.2, 0.25) is 6.41 Å². The Bertz CT molecular complexity index is 564. The summed E-state index contributed by atoms with van der Waals surface area (Å²) >= 11 is 1.48. The molecule has 1 amide bonds. The molecule has 2 rings (SSSR count). The predicted octanol–water partition coefficient (Wildman–Crippen LogP) is 2.12. The molecule has 1 atom stereocenters. The molecule has 4 nitrogen and oxygen atoms in total. The second-order valence-electron chi connectivity index (χ2n) is 3.70. The molecule has 1 aromatic heterocycles. The molecule has 0 radical (unpaired) electrons. The quantitative estimate of drug-likeness (QED) is 0.844. The van der Waals surface area contributed by atoms with Crippen LogP contribution in [0.4, 0.5) is 0 Å². The molecule has 88 valence electrons. The van der Waals surface area contributed by atoms with E-state index in [0.29, 0.717) is 12.0 Å². The maximum Gasteiger partial charge on any atom is 0.331 e. The van der Waals surface area contributed by atoms with Crippen molar-refractivity contribution in [3.63, 3.8) is 0 Å². The minimum absolute atomic E-state index is 0.533. The number of hydrogen-bond donors (Lipinski definition) is 1. The molecule has 0 bridgehead atoms. The van der Waals surface area contributed by atoms with E-state index < -0.39 is 12.0 Å². The standard InChI is InChI=1S/C12H11NO3S/c1-13(7-14)11(12(15)16)9-6-17-10-5-3-2-4-8(9)10/h2-7,11H,1H3,(H,15,16). The first-order chi connectivity index (χ1) is 8.15. The molecule has 1 heterocycles. The number of carbonyl (C=O) groups is 2. The van der Waals surface area contributed by atoms with Crippen LogP contribution in [0.2, 0.25) is 0 Å². The molecule has 1 N–H and O–H groups in total. The van der Waals surface area contributed by atoms with Gasteiger partial charge in [0.05, 0.1) is 0 Å². The first-order valence-corrected chi connectivity index (χ1v) is 5.89. The highest BCUT2D eigenvalue weighted by atomic mass is 32.1. The largest absolute Gasteiger partial charge is 0.479 e. The van der Waals surface area contributed by atoms with Crippen molar-refractivity contribution >= 4 is 33.8 Å². The SMILES string of the molecule is CN(C=O)C(C(=O)O)c1csc2ccccc12. The number of benzene rings is 1. The van der Waals surface area contributed by atoms with E-state index in [0.717, 1.165) is 15.0 Å². The van der Waals surface area contributed by atoms with Gasteiger partial charge in [-0.25, -0.2) is 4.79 Å². The third-order valence-corrected chi connectivity index (χ3v) is 3.59. The number of aliphatic carboxylic acids is 1. The van der Waals surface area contributed by atoms with Gasteiger partial charge in [0.1, 0.15) is 0 Å². The normalized spacial score (nSPS) is 12.3. The van der Waals surface area contributed by atoms with Gasteiger partial charge in [0.15, 0.2) is 6.04 Å². The number of carboxylic acid groups (broad SMARTS) is 1. The Kier molecular flexibility index (Phi) is 3.10. The fraction of sp³-hybridized carbons (Fsp3) is 0.167. The maximum atomic E-state index is 11.2. The van der Waals surface area contributed by atoms with Crippen LogP contribution in [-0.2, 0) is 9.59 Å². The molecular weight excluding hydrogens is 238 g/mol. The summed E-state index contributed by atoms with van der Waals surface area (Å²) in [5, 5.41) is 11.9. The van der Waals surface area contributed by atoms with Gasteiger partial charge >= 0.3 is 5.97 Å². The summed E-state index contributed by atoms with van der Waals surface area (Å²) in [7, 11) is 1.47. The van der Waals surface area contributed by atoms with Gasteiger partial charge in [0, 0.05) is 17.3 Å². The van der Waals surface area contributed by atoms with E-state index in [1.165, 1.54) is 18.4 Å². The van der Waals surface area contributed by atoms with Crippen LogP contribution >= 0.6 is 11.3 Å². The van der Waals surface area contributed by atoms with Crippen LogP contribution in [0.3, 0.4) is 0 Å². The zero-order valence-corrected chi connectivity index (χ0v) is 9.98. The topological polar surface area (TPSA) is 57.6 Å². The molecule has 0 aliphatic heterocycles. The lowest BCUT2D eigenvalue weighted by Crippen LogP contribution is -2.29. The number of rotatable bonds is 4. The lowest BCUT2D eigenvalue weighted by atomic mass is 10.1. The van der Waals surface area contributed by atoms with E-state index in [1.54, 1.807) is 5.38 Å². The first-order valence-electron chi connectivity index (χ1n) is 5.01. The summed E-state index contributed by atoms with van der Waals surface area (Å²) < 4.78 is 1.02. The second kappa shape index (κ2) is 4.55. The highest BCUT2D eigenvalue weighted by molar-refractivity contribution is 7.17. The molecule has 0 aliphatic rings. The Morgan fingerprint density at radius 3 is 2.82 bits per heavy atom. The third-order valence-electron chi connectivity index (χ3n) is 2.61. The van der Waals surface area contributed by atoms with Crippen molar-refractivity contribution in [1.82, 2.24) is 4.90 Å². The molecule has 1 aromatic carbocycles. The van der Waals surface area contributed by atoms with E-state index in [2.05, 4.69) is 0 Å². The van der Waals surface area contributed by atoms with Gasteiger partial charge in [-0.05, 0) is 16.8 Å². The number of carboxylic acids is 1. The Labute approximate surface area is 102 Å². The van der Waals surface area contributed by atoms with Crippen LogP contribution in [-0.4, -0.2) is 29.4 Å². The average molecular weight is 249 g/mol. The van der Waals surface area contributed by atoms with Gasteiger partial charge in [-0.15, -0.1) is 11.3 Å². The molecule has 5 heteroatoms. The molecule has 17 heavy (non-hydrogen) atoms. The molecule has 1 unspecified atom stereocenters. The van der Waals surface area contributed by atoms with Crippen molar-refractivity contribution in [3.05, 3.63) is 35.2 Å². The fourth-order valence-corrected chi connectivity index (χ4v) is 2.78. The molecule has 0 saturated carbocycles. The monoisotopic (exact) mass is 249 g/mol. The van der Waals surface area contributed by atoms with Crippen molar-refractivity contribution < 1.29 is 14.7 Å². The third kappa shape index (κ3) is 2.01. The number of likely N-dealkylation sites (N-methyl/N-ethyl adjacent to an activating group) is 1. The Morgan fingerprint density at radius 1 is 1.47 bits per heavy atom. The molecular formula is C12H11NO3S. The second-order valence-corrected chi connectivity index (χ2v) is 4.61. The molecule has 2 aromatic rings. The smallest absolute Gasteiger partial charge is 0.331 e. The van der Waals surface area contributed by atoms with E-state index in [9.17, 15) is 14.7 Å². The lowest BCUT2D eigenvalue weighted by Gasteiger charge is -2.19. The Morgan fingerprint density at radius 2 is 2.18 bits per heavy atom. The van der Waals surface area contributed by atoms with Gasteiger partial charge < -0.3 is 10.0 Å². The zero-order chi connectivity index (χ0) is 12.4. The van der Waals surface area contributed by atoms with Gasteiger partial charge in [-0.3, -0.25) is 4.79 Å². The molecule has 0 fully saturated rings. The van der Waals surface area contributed by atoms with Crippen molar-refractivity contribution in [3.8, 4) is 0 Å². The van der Waals surface area contributed by atoms with Crippen LogP contribution in [0.25, 0.3) is 10.1 Å². The minimum atomic E-state index is -1.02. The van der Waals surface area contributed by atoms with Gasteiger partial charge in [0.25, 0.3) is 0 Å². The highest BCUT2D eigenvalue weighted by Gasteiger charge is 2.26. The number of hydrogen-bond acceptors (Lipinski definition) is 3. The summed E-state index contributed by atoms with van der Waals surface area (Å²) in [4.78, 5) is 23.2.